The zero-order valence-corrected chi connectivity index (χ0v) is 56.4. The molecule has 0 bridgehead atoms. The molecular formula is C65H129NO17P2. The van der Waals surface area contributed by atoms with Gasteiger partial charge in [0.2, 0.25) is 0 Å². The van der Waals surface area contributed by atoms with Crippen LogP contribution in [0, 0.1) is 0 Å². The Labute approximate surface area is 517 Å². The van der Waals surface area contributed by atoms with Gasteiger partial charge in [-0.25, -0.2) is 9.13 Å². The summed E-state index contributed by atoms with van der Waals surface area (Å²) in [6, 6.07) is 0. The van der Waals surface area contributed by atoms with Crippen molar-refractivity contribution >= 4 is 39.5 Å². The third-order valence-electron chi connectivity index (χ3n) is 15.1. The summed E-state index contributed by atoms with van der Waals surface area (Å²) in [4.78, 5) is 72.2. The van der Waals surface area contributed by atoms with Crippen molar-refractivity contribution in [1.82, 2.24) is 6.15 Å². The first-order chi connectivity index (χ1) is 40.7. The minimum absolute atomic E-state index is 0. The Hall–Kier alpha value is -1.98. The Balaban J connectivity index is 0. The van der Waals surface area contributed by atoms with E-state index in [1.807, 2.05) is 0 Å². The first kappa shape index (κ1) is 85.1. The van der Waals surface area contributed by atoms with Gasteiger partial charge < -0.3 is 40.0 Å². The molecule has 0 amide bonds. The number of carbonyl (C=O) groups is 4. The van der Waals surface area contributed by atoms with E-state index < -0.39 is 97.5 Å². The molecule has 85 heavy (non-hydrogen) atoms. The van der Waals surface area contributed by atoms with Crippen LogP contribution in [0.25, 0.3) is 0 Å². The second-order valence-electron chi connectivity index (χ2n) is 23.5. The number of ether oxygens (including phenoxy) is 4. The monoisotopic (exact) mass is 1260 g/mol. The van der Waals surface area contributed by atoms with E-state index in [0.29, 0.717) is 25.7 Å². The maximum Gasteiger partial charge on any atom is 0.472 e. The molecule has 0 aliphatic rings. The molecule has 0 aromatic rings. The minimum Gasteiger partial charge on any atom is -0.462 e. The van der Waals surface area contributed by atoms with Gasteiger partial charge in [-0.05, 0) is 25.7 Å². The van der Waals surface area contributed by atoms with Gasteiger partial charge in [-0.2, -0.15) is 0 Å². The Morgan fingerprint density at radius 2 is 0.482 bits per heavy atom. The molecule has 18 nitrogen and oxygen atoms in total. The summed E-state index contributed by atoms with van der Waals surface area (Å²) in [6.07, 6.45) is 45.6. The van der Waals surface area contributed by atoms with E-state index >= 15 is 0 Å². The smallest absolute Gasteiger partial charge is 0.462 e. The third kappa shape index (κ3) is 62.0. The molecule has 0 aliphatic carbocycles. The molecule has 4 atom stereocenters. The molecular weight excluding hydrogens is 1130 g/mol. The minimum atomic E-state index is -4.94. The number of aliphatic hydroxyl groups excluding tert-OH is 1. The largest absolute Gasteiger partial charge is 0.472 e. The van der Waals surface area contributed by atoms with Crippen LogP contribution in [0.4, 0.5) is 0 Å². The van der Waals surface area contributed by atoms with Gasteiger partial charge >= 0.3 is 39.5 Å². The van der Waals surface area contributed by atoms with E-state index in [4.69, 9.17) is 37.0 Å². The maximum atomic E-state index is 13.0. The molecule has 0 rings (SSSR count). The molecule has 0 aromatic heterocycles. The van der Waals surface area contributed by atoms with Gasteiger partial charge in [-0.1, -0.05) is 285 Å². The average molecular weight is 1260 g/mol. The summed E-state index contributed by atoms with van der Waals surface area (Å²) in [5.74, 6) is -2.13. The van der Waals surface area contributed by atoms with Crippen LogP contribution < -0.4 is 6.15 Å². The Bertz CT molecular complexity index is 1510. The van der Waals surface area contributed by atoms with Gasteiger partial charge in [0.05, 0.1) is 26.4 Å². The van der Waals surface area contributed by atoms with Gasteiger partial charge in [0.1, 0.15) is 19.3 Å². The van der Waals surface area contributed by atoms with Gasteiger partial charge in [0.15, 0.2) is 12.2 Å². The molecule has 0 saturated carbocycles. The van der Waals surface area contributed by atoms with E-state index in [1.54, 1.807) is 0 Å². The number of esters is 4. The molecule has 2 unspecified atom stereocenters. The number of hydrogen-bond acceptors (Lipinski definition) is 16. The lowest BCUT2D eigenvalue weighted by atomic mass is 10.1. The normalized spacial score (nSPS) is 14.0. The first-order valence-corrected chi connectivity index (χ1v) is 37.3. The van der Waals surface area contributed by atoms with Gasteiger partial charge in [0.25, 0.3) is 0 Å². The van der Waals surface area contributed by atoms with E-state index in [1.165, 1.54) is 167 Å². The van der Waals surface area contributed by atoms with E-state index in [2.05, 4.69) is 27.7 Å². The molecule has 6 N–H and O–H groups in total. The van der Waals surface area contributed by atoms with Crippen molar-refractivity contribution in [2.45, 2.75) is 354 Å². The number of unbranched alkanes of at least 4 members (excludes halogenated alkanes) is 40. The van der Waals surface area contributed by atoms with Crippen molar-refractivity contribution < 1.29 is 80.2 Å². The Morgan fingerprint density at radius 3 is 0.706 bits per heavy atom. The van der Waals surface area contributed by atoms with Crippen LogP contribution in [-0.4, -0.2) is 96.7 Å². The van der Waals surface area contributed by atoms with Crippen LogP contribution in [0.1, 0.15) is 336 Å². The van der Waals surface area contributed by atoms with Gasteiger partial charge in [-0.15, -0.1) is 0 Å². The van der Waals surface area contributed by atoms with Crippen LogP contribution in [0.15, 0.2) is 0 Å². The fourth-order valence-corrected chi connectivity index (χ4v) is 11.4. The lowest BCUT2D eigenvalue weighted by Crippen LogP contribution is -2.30. The second kappa shape index (κ2) is 62.2. The highest BCUT2D eigenvalue weighted by Crippen LogP contribution is 2.45. The first-order valence-electron chi connectivity index (χ1n) is 34.3. The molecule has 0 heterocycles. The zero-order chi connectivity index (χ0) is 61.9. The van der Waals surface area contributed by atoms with Crippen molar-refractivity contribution in [2.75, 3.05) is 39.6 Å². The average Bonchev–Trinajstić information content (AvgIpc) is 3.58. The SMILES string of the molecule is CCCCCCCCCCCCCC(=O)OC[C@H](COP(=O)(O)OCC(O)COP(=O)(O)OC[C@@H](COC(=O)CCCCCCCCCCCCC)OC(=O)CCCCCCCCCCCCC)OC(=O)CCCCCCCCCCCCC.N. The number of aliphatic hydroxyl groups is 1. The van der Waals surface area contributed by atoms with Gasteiger partial charge in [0, 0.05) is 25.7 Å². The zero-order valence-electron chi connectivity index (χ0n) is 54.6. The molecule has 506 valence electrons. The number of rotatable bonds is 66. The summed E-state index contributed by atoms with van der Waals surface area (Å²) in [5, 5.41) is 10.5. The molecule has 0 aromatic carbocycles. The van der Waals surface area contributed by atoms with Crippen LogP contribution in [0.2, 0.25) is 0 Å². The quantitative estimate of drug-likeness (QED) is 0.0191. The van der Waals surface area contributed by atoms with E-state index in [-0.39, 0.29) is 31.8 Å². The van der Waals surface area contributed by atoms with Crippen LogP contribution >= 0.6 is 15.6 Å². The highest BCUT2D eigenvalue weighted by molar-refractivity contribution is 7.47. The fraction of sp³-hybridized carbons (Fsp3) is 0.938. The maximum absolute atomic E-state index is 13.0. The lowest BCUT2D eigenvalue weighted by molar-refractivity contribution is -0.161. The predicted octanol–water partition coefficient (Wildman–Crippen LogP) is 18.5. The number of carbonyl (C=O) groups excluding carboxylic acids is 4. The second-order valence-corrected chi connectivity index (χ2v) is 26.4. The van der Waals surface area contributed by atoms with E-state index in [0.717, 1.165) is 89.9 Å². The highest BCUT2D eigenvalue weighted by Gasteiger charge is 2.30. The molecule has 20 heteroatoms. The summed E-state index contributed by atoms with van der Waals surface area (Å²) in [6.45, 7) is 4.90. The number of phosphoric acid groups is 2. The summed E-state index contributed by atoms with van der Waals surface area (Å²) < 4.78 is 68.0. The van der Waals surface area contributed by atoms with Crippen LogP contribution in [0.3, 0.4) is 0 Å². The summed E-state index contributed by atoms with van der Waals surface area (Å²) in [7, 11) is -9.88. The van der Waals surface area contributed by atoms with Crippen molar-refractivity contribution in [3.63, 3.8) is 0 Å². The van der Waals surface area contributed by atoms with Crippen molar-refractivity contribution in [3.05, 3.63) is 0 Å². The number of hydrogen-bond donors (Lipinski definition) is 4. The van der Waals surface area contributed by atoms with Gasteiger partial charge in [-0.3, -0.25) is 37.3 Å². The molecule has 0 aliphatic heterocycles. The number of phosphoric ester groups is 2. The lowest BCUT2D eigenvalue weighted by Gasteiger charge is -2.21. The molecule has 0 radical (unpaired) electrons. The molecule has 0 spiro atoms. The predicted molar refractivity (Wildman–Crippen MR) is 340 cm³/mol. The summed E-state index contributed by atoms with van der Waals surface area (Å²) in [5.41, 5.74) is 0. The fourth-order valence-electron chi connectivity index (χ4n) is 9.81. The topological polar surface area (TPSA) is 272 Å². The van der Waals surface area contributed by atoms with Crippen molar-refractivity contribution in [1.29, 1.82) is 0 Å². The summed E-state index contributed by atoms with van der Waals surface area (Å²) >= 11 is 0. The molecule has 0 fully saturated rings. The highest BCUT2D eigenvalue weighted by atomic mass is 31.2. The third-order valence-corrected chi connectivity index (χ3v) is 17.0. The Kier molecular flexibility index (Phi) is 62.3. The Morgan fingerprint density at radius 1 is 0.294 bits per heavy atom. The van der Waals surface area contributed by atoms with Crippen molar-refractivity contribution in [2.24, 2.45) is 0 Å². The molecule has 0 saturated heterocycles. The van der Waals surface area contributed by atoms with E-state index in [9.17, 15) is 43.2 Å². The van der Waals surface area contributed by atoms with Crippen molar-refractivity contribution in [3.8, 4) is 0 Å². The standard InChI is InChI=1S/C65H126O17P2.H3N/c1-5-9-13-17-21-25-29-33-37-41-45-49-62(67)75-55-60(81-64(69)51-47-43-39-35-31-27-23-19-15-11-7-3)57-79-83(71,72)77-53-59(66)54-78-84(73,74)80-58-61(82-65(70)52-48-44-40-36-32-28-24-20-16-12-8-4)56-76-63(68)50-46-42-38-34-30-26-22-18-14-10-6-2;/h59-61,66H,5-58H2,1-4H3,(H,71,72)(H,73,74);1H3/t60-,61-;/m1./s1. The van der Waals surface area contributed by atoms with Crippen LogP contribution in [0.5, 0.6) is 0 Å². The van der Waals surface area contributed by atoms with Crippen LogP contribution in [-0.2, 0) is 65.4 Å².